The Labute approximate surface area is 70.2 Å². The summed E-state index contributed by atoms with van der Waals surface area (Å²) in [5, 5.41) is 11.4. The number of nitriles is 1. The fraction of sp³-hybridized carbons (Fsp3) is 0.857. The van der Waals surface area contributed by atoms with Gasteiger partial charge < -0.3 is 5.32 Å². The first-order valence-corrected chi connectivity index (χ1v) is 5.30. The maximum atomic E-state index is 10.6. The van der Waals surface area contributed by atoms with Crippen molar-refractivity contribution < 1.29 is 4.21 Å². The zero-order valence-electron chi connectivity index (χ0n) is 6.96. The van der Waals surface area contributed by atoms with E-state index in [1.54, 1.807) is 6.26 Å². The zero-order chi connectivity index (χ0) is 8.69. The Morgan fingerprint density at radius 3 is 2.82 bits per heavy atom. The van der Waals surface area contributed by atoms with Crippen molar-refractivity contribution >= 4 is 10.8 Å². The normalized spacial score (nSPS) is 15.4. The Morgan fingerprint density at radius 1 is 1.73 bits per heavy atom. The van der Waals surface area contributed by atoms with Crippen LogP contribution in [-0.4, -0.2) is 29.3 Å². The van der Waals surface area contributed by atoms with Gasteiger partial charge in [0.05, 0.1) is 12.0 Å². The number of hydrogen-bond donors (Lipinski definition) is 1. The zero-order valence-corrected chi connectivity index (χ0v) is 7.78. The molecule has 64 valence electrons. The molecule has 0 aliphatic heterocycles. The van der Waals surface area contributed by atoms with Crippen molar-refractivity contribution in [1.82, 2.24) is 5.32 Å². The van der Waals surface area contributed by atoms with Crippen LogP contribution in [0, 0.1) is 17.2 Å². The molecule has 0 rings (SSSR count). The third kappa shape index (κ3) is 7.50. The summed E-state index contributed by atoms with van der Waals surface area (Å²) in [6.07, 6.45) is 1.68. The van der Waals surface area contributed by atoms with E-state index in [1.807, 2.05) is 6.92 Å². The van der Waals surface area contributed by atoms with E-state index in [2.05, 4.69) is 11.4 Å². The van der Waals surface area contributed by atoms with Gasteiger partial charge in [0.1, 0.15) is 0 Å². The van der Waals surface area contributed by atoms with E-state index in [-0.39, 0.29) is 5.92 Å². The summed E-state index contributed by atoms with van der Waals surface area (Å²) >= 11 is 0. The Hall–Kier alpha value is -0.400. The van der Waals surface area contributed by atoms with E-state index < -0.39 is 10.8 Å². The quantitative estimate of drug-likeness (QED) is 0.602. The minimum atomic E-state index is -0.728. The van der Waals surface area contributed by atoms with Crippen molar-refractivity contribution in [1.29, 1.82) is 5.26 Å². The molecule has 0 bridgehead atoms. The summed E-state index contributed by atoms with van der Waals surface area (Å²) in [6.45, 7) is 3.28. The van der Waals surface area contributed by atoms with Gasteiger partial charge in [0, 0.05) is 35.9 Å². The molecule has 0 aliphatic rings. The third-order valence-corrected chi connectivity index (χ3v) is 2.02. The standard InChI is InChI=1S/C7H14N2OS/c1-7(5-8)6-9-3-4-11(2)10/h7,9H,3-4,6H2,1-2H3. The molecule has 0 fully saturated rings. The highest BCUT2D eigenvalue weighted by molar-refractivity contribution is 7.84. The third-order valence-electron chi connectivity index (χ3n) is 1.24. The van der Waals surface area contributed by atoms with Crippen molar-refractivity contribution in [2.24, 2.45) is 5.92 Å². The second-order valence-corrected chi connectivity index (χ2v) is 4.07. The molecule has 0 aromatic heterocycles. The summed E-state index contributed by atoms with van der Waals surface area (Å²) in [4.78, 5) is 0. The molecule has 1 N–H and O–H groups in total. The Morgan fingerprint density at radius 2 is 2.36 bits per heavy atom. The second-order valence-electron chi connectivity index (χ2n) is 2.51. The molecule has 2 unspecified atom stereocenters. The Bertz CT molecular complexity index is 164. The van der Waals surface area contributed by atoms with Gasteiger partial charge in [-0.05, 0) is 6.92 Å². The highest BCUT2D eigenvalue weighted by atomic mass is 32.2. The molecule has 0 saturated heterocycles. The van der Waals surface area contributed by atoms with Crippen LogP contribution in [0.3, 0.4) is 0 Å². The van der Waals surface area contributed by atoms with Crippen LogP contribution in [0.2, 0.25) is 0 Å². The highest BCUT2D eigenvalue weighted by Gasteiger charge is 1.97. The minimum absolute atomic E-state index is 0.0419. The SMILES string of the molecule is CC(C#N)CNCCS(C)=O. The van der Waals surface area contributed by atoms with Crippen LogP contribution in [-0.2, 0) is 10.8 Å². The molecular weight excluding hydrogens is 160 g/mol. The van der Waals surface area contributed by atoms with Crippen molar-refractivity contribution in [2.45, 2.75) is 6.92 Å². The van der Waals surface area contributed by atoms with E-state index in [9.17, 15) is 4.21 Å². The lowest BCUT2D eigenvalue weighted by molar-refractivity contribution is 0.618. The molecule has 0 saturated carbocycles. The molecule has 0 amide bonds. The van der Waals surface area contributed by atoms with E-state index in [1.165, 1.54) is 0 Å². The van der Waals surface area contributed by atoms with Crippen molar-refractivity contribution in [2.75, 3.05) is 25.1 Å². The van der Waals surface area contributed by atoms with Gasteiger partial charge in [0.2, 0.25) is 0 Å². The van der Waals surface area contributed by atoms with Gasteiger partial charge in [-0.1, -0.05) is 0 Å². The molecule has 4 heteroatoms. The lowest BCUT2D eigenvalue weighted by Gasteiger charge is -2.03. The van der Waals surface area contributed by atoms with Crippen LogP contribution in [0.15, 0.2) is 0 Å². The van der Waals surface area contributed by atoms with Crippen LogP contribution in [0.5, 0.6) is 0 Å². The lowest BCUT2D eigenvalue weighted by Crippen LogP contribution is -2.24. The molecule has 0 aliphatic carbocycles. The number of nitrogens with one attached hydrogen (secondary N) is 1. The van der Waals surface area contributed by atoms with E-state index in [0.29, 0.717) is 12.3 Å². The van der Waals surface area contributed by atoms with Gasteiger partial charge in [0.25, 0.3) is 0 Å². The molecule has 0 heterocycles. The molecule has 0 spiro atoms. The van der Waals surface area contributed by atoms with Crippen molar-refractivity contribution in [3.63, 3.8) is 0 Å². The summed E-state index contributed by atoms with van der Waals surface area (Å²) in [5.41, 5.74) is 0. The largest absolute Gasteiger partial charge is 0.315 e. The van der Waals surface area contributed by atoms with E-state index in [4.69, 9.17) is 5.26 Å². The Kier molecular flexibility index (Phi) is 6.09. The average molecular weight is 174 g/mol. The van der Waals surface area contributed by atoms with Gasteiger partial charge in [-0.25, -0.2) is 0 Å². The van der Waals surface area contributed by atoms with Crippen molar-refractivity contribution in [3.05, 3.63) is 0 Å². The lowest BCUT2D eigenvalue weighted by atomic mass is 10.2. The summed E-state index contributed by atoms with van der Waals surface area (Å²) in [7, 11) is -0.728. The van der Waals surface area contributed by atoms with Crippen LogP contribution in [0.4, 0.5) is 0 Å². The fourth-order valence-corrected chi connectivity index (χ4v) is 1.01. The average Bonchev–Trinajstić information content (AvgIpc) is 1.97. The topological polar surface area (TPSA) is 52.9 Å². The molecular formula is C7H14N2OS. The predicted octanol–water partition coefficient (Wildman–Crippen LogP) is 0.114. The number of hydrogen-bond acceptors (Lipinski definition) is 3. The monoisotopic (exact) mass is 174 g/mol. The maximum absolute atomic E-state index is 10.6. The Balaban J connectivity index is 3.16. The molecule has 0 aromatic carbocycles. The molecule has 0 aromatic rings. The summed E-state index contributed by atoms with van der Waals surface area (Å²) in [6, 6.07) is 2.11. The van der Waals surface area contributed by atoms with Crippen LogP contribution in [0.1, 0.15) is 6.92 Å². The van der Waals surface area contributed by atoms with E-state index in [0.717, 1.165) is 6.54 Å². The van der Waals surface area contributed by atoms with Gasteiger partial charge in [0.15, 0.2) is 0 Å². The first kappa shape index (κ1) is 10.6. The van der Waals surface area contributed by atoms with Crippen LogP contribution in [0.25, 0.3) is 0 Å². The molecule has 0 radical (unpaired) electrons. The van der Waals surface area contributed by atoms with Gasteiger partial charge in [-0.2, -0.15) is 5.26 Å². The molecule has 11 heavy (non-hydrogen) atoms. The van der Waals surface area contributed by atoms with E-state index >= 15 is 0 Å². The maximum Gasteiger partial charge on any atom is 0.0666 e. The smallest absolute Gasteiger partial charge is 0.0666 e. The fourth-order valence-electron chi connectivity index (χ4n) is 0.580. The number of nitrogens with zero attached hydrogens (tertiary/aromatic N) is 1. The summed E-state index contributed by atoms with van der Waals surface area (Å²) < 4.78 is 10.6. The highest BCUT2D eigenvalue weighted by Crippen LogP contribution is 1.86. The van der Waals surface area contributed by atoms with Crippen molar-refractivity contribution in [3.8, 4) is 6.07 Å². The minimum Gasteiger partial charge on any atom is -0.315 e. The number of rotatable bonds is 5. The second kappa shape index (κ2) is 6.32. The van der Waals surface area contributed by atoms with Crippen LogP contribution < -0.4 is 5.32 Å². The first-order valence-electron chi connectivity index (χ1n) is 3.57. The molecule has 3 nitrogen and oxygen atoms in total. The van der Waals surface area contributed by atoms with Gasteiger partial charge in [-0.3, -0.25) is 4.21 Å². The van der Waals surface area contributed by atoms with Crippen LogP contribution >= 0.6 is 0 Å². The first-order chi connectivity index (χ1) is 5.16. The summed E-state index contributed by atoms with van der Waals surface area (Å²) in [5.74, 6) is 0.707. The van der Waals surface area contributed by atoms with Gasteiger partial charge >= 0.3 is 0 Å². The van der Waals surface area contributed by atoms with Gasteiger partial charge in [-0.15, -0.1) is 0 Å². The molecule has 2 atom stereocenters. The predicted molar refractivity (Wildman–Crippen MR) is 46.6 cm³/mol.